The van der Waals surface area contributed by atoms with Gasteiger partial charge in [0.05, 0.1) is 62.4 Å². The molecule has 3 heterocycles. The van der Waals surface area contributed by atoms with E-state index in [1.165, 1.54) is 0 Å². The molecule has 0 aliphatic rings. The van der Waals surface area contributed by atoms with E-state index in [1.54, 1.807) is 0 Å². The van der Waals surface area contributed by atoms with E-state index in [0.717, 1.165) is 99.2 Å². The first-order valence-electron chi connectivity index (χ1n) is 18.6. The monoisotopic (exact) mass is 725 g/mol. The Morgan fingerprint density at radius 3 is 1.61 bits per heavy atom. The number of benzene rings is 8. The summed E-state index contributed by atoms with van der Waals surface area (Å²) in [4.78, 5) is 0. The van der Waals surface area contributed by atoms with Gasteiger partial charge in [0.1, 0.15) is 11.2 Å². The Hall–Kier alpha value is -8.37. The van der Waals surface area contributed by atoms with Crippen molar-refractivity contribution < 1.29 is 4.42 Å². The predicted octanol–water partition coefficient (Wildman–Crippen LogP) is 12.7. The Balaban J connectivity index is 1.10. The zero-order chi connectivity index (χ0) is 38.2. The minimum absolute atomic E-state index is 0.561. The smallest absolute Gasteiger partial charge is 0.145 e. The molecule has 0 saturated carbocycles. The highest BCUT2D eigenvalue weighted by Gasteiger charge is 2.20. The maximum Gasteiger partial charge on any atom is 0.145 e. The van der Waals surface area contributed by atoms with Crippen LogP contribution < -0.4 is 0 Å². The Bertz CT molecular complexity index is 3560. The molecule has 0 radical (unpaired) electrons. The summed E-state index contributed by atoms with van der Waals surface area (Å²) in [7, 11) is 0. The summed E-state index contributed by atoms with van der Waals surface area (Å²) in [5, 5.41) is 35.7. The highest BCUT2D eigenvalue weighted by atomic mass is 16.3. The number of nitrogens with zero attached hydrogens (tertiary/aromatic N) is 5. The number of aromatic nitrogens is 2. The van der Waals surface area contributed by atoms with Gasteiger partial charge >= 0.3 is 0 Å². The first-order chi connectivity index (χ1) is 28.1. The van der Waals surface area contributed by atoms with E-state index >= 15 is 0 Å². The maximum absolute atomic E-state index is 10.1. The number of hydrogen-bond donors (Lipinski definition) is 0. The number of nitriles is 3. The standard InChI is InChI=1S/C51H27N5O/c52-28-31-15-18-38(34-7-5-9-36(26-34)55-46-20-16-32(29-53)24-43(46)44-25-33(30-54)17-21-47(44)55)42(23-31)35-8-6-10-37(27-35)56-45-13-3-1-12-41(45)50-48(56)22-19-40-39-11-2-4-14-49(39)57-51(40)50/h1-27H. The Morgan fingerprint density at radius 2 is 0.930 bits per heavy atom. The van der Waals surface area contributed by atoms with Gasteiger partial charge in [-0.25, -0.2) is 0 Å². The molecule has 0 unspecified atom stereocenters. The number of furan rings is 1. The zero-order valence-corrected chi connectivity index (χ0v) is 30.2. The second kappa shape index (κ2) is 12.3. The van der Waals surface area contributed by atoms with Gasteiger partial charge in [-0.1, -0.05) is 66.7 Å². The van der Waals surface area contributed by atoms with Crippen LogP contribution in [0.25, 0.3) is 99.2 Å². The summed E-state index contributed by atoms with van der Waals surface area (Å²) >= 11 is 0. The van der Waals surface area contributed by atoms with Gasteiger partial charge in [-0.15, -0.1) is 0 Å². The van der Waals surface area contributed by atoms with Gasteiger partial charge in [-0.05, 0) is 119 Å². The largest absolute Gasteiger partial charge is 0.455 e. The number of rotatable bonds is 4. The first kappa shape index (κ1) is 32.1. The van der Waals surface area contributed by atoms with Gasteiger partial charge in [-0.2, -0.15) is 15.8 Å². The van der Waals surface area contributed by atoms with E-state index in [9.17, 15) is 15.8 Å². The molecule has 262 valence electrons. The summed E-state index contributed by atoms with van der Waals surface area (Å²) in [5.41, 5.74) is 13.3. The maximum atomic E-state index is 10.1. The van der Waals surface area contributed by atoms with Gasteiger partial charge in [0, 0.05) is 38.3 Å². The highest BCUT2D eigenvalue weighted by Crippen LogP contribution is 2.42. The average molecular weight is 726 g/mol. The molecule has 0 amide bonds. The lowest BCUT2D eigenvalue weighted by Crippen LogP contribution is -1.96. The van der Waals surface area contributed by atoms with Crippen LogP contribution in [0.4, 0.5) is 0 Å². The molecule has 0 atom stereocenters. The SMILES string of the molecule is N#Cc1ccc(-c2cccc(-n3c4ccc(C#N)cc4c4cc(C#N)ccc43)c2)c(-c2cccc(-n3c4ccccc4c4c5oc6ccccc6c5ccc43)c2)c1. The zero-order valence-electron chi connectivity index (χ0n) is 30.2. The molecule has 0 N–H and O–H groups in total. The third kappa shape index (κ3) is 4.81. The van der Waals surface area contributed by atoms with Crippen LogP contribution in [0.5, 0.6) is 0 Å². The van der Waals surface area contributed by atoms with Crippen molar-refractivity contribution in [2.75, 3.05) is 0 Å². The number of fused-ring (bicyclic) bond motifs is 10. The van der Waals surface area contributed by atoms with Crippen molar-refractivity contribution in [2.24, 2.45) is 0 Å². The fourth-order valence-electron chi connectivity index (χ4n) is 8.68. The molecule has 0 fully saturated rings. The molecule has 11 aromatic rings. The lowest BCUT2D eigenvalue weighted by molar-refractivity contribution is 0.673. The molecule has 57 heavy (non-hydrogen) atoms. The quantitative estimate of drug-likeness (QED) is 0.180. The van der Waals surface area contributed by atoms with E-state index < -0.39 is 0 Å². The minimum Gasteiger partial charge on any atom is -0.455 e. The van der Waals surface area contributed by atoms with Gasteiger partial charge in [0.2, 0.25) is 0 Å². The minimum atomic E-state index is 0.561. The van der Waals surface area contributed by atoms with Crippen LogP contribution in [-0.2, 0) is 0 Å². The molecular weight excluding hydrogens is 699 g/mol. The third-order valence-corrected chi connectivity index (χ3v) is 11.2. The van der Waals surface area contributed by atoms with E-state index in [0.29, 0.717) is 16.7 Å². The first-order valence-corrected chi connectivity index (χ1v) is 18.6. The van der Waals surface area contributed by atoms with Crippen LogP contribution in [-0.4, -0.2) is 9.13 Å². The normalized spacial score (nSPS) is 11.5. The van der Waals surface area contributed by atoms with Crippen molar-refractivity contribution in [3.8, 4) is 51.8 Å². The van der Waals surface area contributed by atoms with Crippen LogP contribution >= 0.6 is 0 Å². The van der Waals surface area contributed by atoms with E-state index in [1.807, 2.05) is 78.9 Å². The second-order valence-corrected chi connectivity index (χ2v) is 14.3. The summed E-state index contributed by atoms with van der Waals surface area (Å²) in [6.45, 7) is 0. The Kier molecular flexibility index (Phi) is 6.95. The topological polar surface area (TPSA) is 94.4 Å². The molecule has 8 aromatic carbocycles. The van der Waals surface area contributed by atoms with Crippen molar-refractivity contribution in [2.45, 2.75) is 0 Å². The number of para-hydroxylation sites is 2. The number of hydrogen-bond acceptors (Lipinski definition) is 4. The Labute approximate surface area is 326 Å². The average Bonchev–Trinajstić information content (AvgIpc) is 3.93. The van der Waals surface area contributed by atoms with Crippen LogP contribution in [0, 0.1) is 34.0 Å². The summed E-state index contributed by atoms with van der Waals surface area (Å²) in [6, 6.07) is 62.0. The summed E-state index contributed by atoms with van der Waals surface area (Å²) in [6.07, 6.45) is 0. The van der Waals surface area contributed by atoms with Crippen LogP contribution in [0.2, 0.25) is 0 Å². The van der Waals surface area contributed by atoms with Gasteiger partial charge in [-0.3, -0.25) is 0 Å². The molecule has 0 saturated heterocycles. The van der Waals surface area contributed by atoms with Gasteiger partial charge in [0.25, 0.3) is 0 Å². The van der Waals surface area contributed by atoms with Gasteiger partial charge in [0.15, 0.2) is 0 Å². The van der Waals surface area contributed by atoms with Crippen LogP contribution in [0.3, 0.4) is 0 Å². The van der Waals surface area contributed by atoms with Crippen LogP contribution in [0.1, 0.15) is 16.7 Å². The second-order valence-electron chi connectivity index (χ2n) is 14.3. The van der Waals surface area contributed by atoms with Crippen molar-refractivity contribution in [1.29, 1.82) is 15.8 Å². The van der Waals surface area contributed by atoms with Crippen molar-refractivity contribution >= 4 is 65.6 Å². The third-order valence-electron chi connectivity index (χ3n) is 11.2. The van der Waals surface area contributed by atoms with Crippen molar-refractivity contribution in [1.82, 2.24) is 9.13 Å². The summed E-state index contributed by atoms with van der Waals surface area (Å²) < 4.78 is 11.0. The molecule has 6 nitrogen and oxygen atoms in total. The molecule has 0 bridgehead atoms. The lowest BCUT2D eigenvalue weighted by Gasteiger charge is -2.15. The highest BCUT2D eigenvalue weighted by molar-refractivity contribution is 6.24. The lowest BCUT2D eigenvalue weighted by atomic mass is 9.92. The fraction of sp³-hybridized carbons (Fsp3) is 0. The molecule has 0 aliphatic heterocycles. The summed E-state index contributed by atoms with van der Waals surface area (Å²) in [5.74, 6) is 0. The molecule has 6 heteroatoms. The molecule has 11 rings (SSSR count). The van der Waals surface area contributed by atoms with E-state index in [-0.39, 0.29) is 0 Å². The molecule has 0 spiro atoms. The van der Waals surface area contributed by atoms with Gasteiger partial charge < -0.3 is 13.6 Å². The van der Waals surface area contributed by atoms with Crippen LogP contribution in [0.15, 0.2) is 168 Å². The van der Waals surface area contributed by atoms with E-state index in [2.05, 4.69) is 112 Å². The van der Waals surface area contributed by atoms with Crippen molar-refractivity contribution in [3.63, 3.8) is 0 Å². The molecular formula is C51H27N5O. The molecule has 3 aromatic heterocycles. The van der Waals surface area contributed by atoms with E-state index in [4.69, 9.17) is 4.42 Å². The van der Waals surface area contributed by atoms with Crippen molar-refractivity contribution in [3.05, 3.63) is 180 Å². The Morgan fingerprint density at radius 1 is 0.386 bits per heavy atom. The fourth-order valence-corrected chi connectivity index (χ4v) is 8.68. The predicted molar refractivity (Wildman–Crippen MR) is 227 cm³/mol. The molecule has 0 aliphatic carbocycles.